The molecule has 0 aromatic heterocycles. The first-order valence-corrected chi connectivity index (χ1v) is 19.8. The maximum atomic E-state index is 14.3. The zero-order valence-corrected chi connectivity index (χ0v) is 33.6. The summed E-state index contributed by atoms with van der Waals surface area (Å²) in [6.45, 7) is 9.73. The average molecular weight is 754 g/mol. The Morgan fingerprint density at radius 1 is 1.09 bits per heavy atom. The van der Waals surface area contributed by atoms with Gasteiger partial charge in [-0.1, -0.05) is 63.2 Å². The Kier molecular flexibility index (Phi) is 11.1. The van der Waals surface area contributed by atoms with Crippen LogP contribution in [0.1, 0.15) is 73.6 Å². The largest absolute Gasteiger partial charge is 0.496 e. The van der Waals surface area contributed by atoms with E-state index in [0.717, 1.165) is 35.3 Å². The number of carbonyl (C=O) groups excluding carboxylic acids is 2. The van der Waals surface area contributed by atoms with Crippen molar-refractivity contribution in [3.8, 4) is 16.9 Å². The lowest BCUT2D eigenvalue weighted by molar-refractivity contribution is -0.183. The Balaban J connectivity index is 1.15. The SMILES string of the molecule is COc1c(CN2O[C@@H](CO)[C@@H]([C@H](C)O)[C@H]2C(=O)N[C@H]2C[C@H]3C[C@@H]([C@@H]2C)C3(C)C)cccc1-c1cc(C(=O)NCC2c3ccccc3CN2C)cc(N(C)C)c1. The molecule has 2 aliphatic heterocycles. The van der Waals surface area contributed by atoms with Crippen molar-refractivity contribution in [2.45, 2.75) is 84.0 Å². The highest BCUT2D eigenvalue weighted by Crippen LogP contribution is 2.61. The molecule has 4 fully saturated rings. The van der Waals surface area contributed by atoms with Gasteiger partial charge in [-0.25, -0.2) is 0 Å². The van der Waals surface area contributed by atoms with Gasteiger partial charge in [0.05, 0.1) is 32.4 Å². The number of aliphatic hydroxyl groups is 2. The fraction of sp³-hybridized carbons (Fsp3) is 0.545. The average Bonchev–Trinajstić information content (AvgIpc) is 3.70. The third kappa shape index (κ3) is 7.26. The summed E-state index contributed by atoms with van der Waals surface area (Å²) in [6, 6.07) is 19.3. The van der Waals surface area contributed by atoms with Gasteiger partial charge in [0.15, 0.2) is 0 Å². The number of aliphatic hydroxyl groups excluding tert-OH is 2. The highest BCUT2D eigenvalue weighted by Gasteiger charge is 2.57. The third-order valence-corrected chi connectivity index (χ3v) is 13.5. The number of para-hydroxylation sites is 1. The van der Waals surface area contributed by atoms with E-state index in [9.17, 15) is 19.8 Å². The van der Waals surface area contributed by atoms with E-state index in [4.69, 9.17) is 9.57 Å². The maximum Gasteiger partial charge on any atom is 0.251 e. The van der Waals surface area contributed by atoms with E-state index in [0.29, 0.717) is 35.6 Å². The summed E-state index contributed by atoms with van der Waals surface area (Å²) in [4.78, 5) is 38.6. The third-order valence-electron chi connectivity index (χ3n) is 13.5. The standard InChI is InChI=1S/C44H59N5O6/c1-25-35-19-31(44(35,3)4)20-36(25)46-43(53)40-39(26(2)51)38(24-50)55-49(40)23-28-13-11-15-34(41(28)54-8)29-16-30(18-32(17-29)47(5)6)42(52)45-21-37-33-14-10-9-12-27(33)22-48(37)7/h9-18,25-26,31,35-40,50-51H,19-24H2,1-8H3,(H,45,52)(H,46,53)/t25-,26-,31+,35-,36-,37?,38-,39+,40-/m0/s1. The molecule has 1 unspecified atom stereocenters. The molecule has 0 spiro atoms. The Morgan fingerprint density at radius 2 is 1.85 bits per heavy atom. The number of hydrogen-bond donors (Lipinski definition) is 4. The fourth-order valence-corrected chi connectivity index (χ4v) is 10.2. The van der Waals surface area contributed by atoms with Gasteiger partial charge in [-0.2, -0.15) is 5.06 Å². The van der Waals surface area contributed by atoms with E-state index < -0.39 is 24.2 Å². The van der Waals surface area contributed by atoms with Crippen molar-refractivity contribution >= 4 is 17.5 Å². The minimum atomic E-state index is -0.899. The summed E-state index contributed by atoms with van der Waals surface area (Å²) in [5.41, 5.74) is 6.55. The monoisotopic (exact) mass is 753 g/mol. The van der Waals surface area contributed by atoms with E-state index in [1.165, 1.54) is 17.5 Å². The molecule has 9 atom stereocenters. The van der Waals surface area contributed by atoms with Crippen LogP contribution in [-0.4, -0.2) is 97.7 Å². The molecular weight excluding hydrogens is 695 g/mol. The van der Waals surface area contributed by atoms with Crippen LogP contribution in [0.4, 0.5) is 5.69 Å². The molecule has 1 saturated heterocycles. The highest BCUT2D eigenvalue weighted by molar-refractivity contribution is 5.97. The number of hydroxylamine groups is 2. The van der Waals surface area contributed by atoms with E-state index >= 15 is 0 Å². The summed E-state index contributed by atoms with van der Waals surface area (Å²) >= 11 is 0. The molecular formula is C44H59N5O6. The molecule has 296 valence electrons. The number of rotatable bonds is 12. The smallest absolute Gasteiger partial charge is 0.251 e. The van der Waals surface area contributed by atoms with Gasteiger partial charge in [-0.15, -0.1) is 0 Å². The summed E-state index contributed by atoms with van der Waals surface area (Å²) in [5.74, 6) is 1.05. The van der Waals surface area contributed by atoms with Crippen LogP contribution in [0.2, 0.25) is 0 Å². The Hall–Kier alpha value is -4.00. The van der Waals surface area contributed by atoms with Crippen LogP contribution in [0.25, 0.3) is 11.1 Å². The lowest BCUT2D eigenvalue weighted by Crippen LogP contribution is -2.62. The van der Waals surface area contributed by atoms with Crippen LogP contribution in [0.5, 0.6) is 5.75 Å². The number of hydrogen-bond acceptors (Lipinski definition) is 9. The molecule has 5 aliphatic rings. The molecule has 11 heteroatoms. The first kappa shape index (κ1) is 39.2. The van der Waals surface area contributed by atoms with Crippen LogP contribution >= 0.6 is 0 Å². The molecule has 0 radical (unpaired) electrons. The summed E-state index contributed by atoms with van der Waals surface area (Å²) < 4.78 is 6.10. The van der Waals surface area contributed by atoms with Crippen LogP contribution in [0.3, 0.4) is 0 Å². The van der Waals surface area contributed by atoms with Gasteiger partial charge in [0, 0.05) is 61.5 Å². The lowest BCUT2D eigenvalue weighted by Gasteiger charge is -2.62. The number of fused-ring (bicyclic) bond motifs is 3. The summed E-state index contributed by atoms with van der Waals surface area (Å²) in [6.07, 6.45) is 0.482. The Bertz CT molecular complexity index is 1900. The fourth-order valence-electron chi connectivity index (χ4n) is 10.2. The molecule has 4 N–H and O–H groups in total. The van der Waals surface area contributed by atoms with Gasteiger partial charge < -0.3 is 30.5 Å². The van der Waals surface area contributed by atoms with Crippen molar-refractivity contribution in [2.24, 2.45) is 29.1 Å². The second-order valence-corrected chi connectivity index (χ2v) is 17.2. The first-order valence-electron chi connectivity index (χ1n) is 19.8. The second-order valence-electron chi connectivity index (χ2n) is 17.2. The normalized spacial score (nSPS) is 28.9. The van der Waals surface area contributed by atoms with E-state index in [2.05, 4.69) is 61.6 Å². The van der Waals surface area contributed by atoms with Gasteiger partial charge in [0.1, 0.15) is 17.9 Å². The number of carbonyl (C=O) groups is 2. The topological polar surface area (TPSA) is 127 Å². The molecule has 3 aromatic rings. The number of nitrogens with zero attached hydrogens (tertiary/aromatic N) is 3. The quantitative estimate of drug-likeness (QED) is 0.202. The second kappa shape index (κ2) is 15.5. The van der Waals surface area contributed by atoms with Crippen LogP contribution < -0.4 is 20.3 Å². The van der Waals surface area contributed by atoms with E-state index in [1.807, 2.05) is 61.5 Å². The predicted octanol–water partition coefficient (Wildman–Crippen LogP) is 5.01. The number of nitrogens with one attached hydrogen (secondary N) is 2. The van der Waals surface area contributed by atoms with Gasteiger partial charge in [0.25, 0.3) is 5.91 Å². The highest BCUT2D eigenvalue weighted by atomic mass is 16.7. The van der Waals surface area contributed by atoms with Crippen molar-refractivity contribution in [1.82, 2.24) is 20.6 Å². The van der Waals surface area contributed by atoms with Gasteiger partial charge in [-0.05, 0) is 84.9 Å². The van der Waals surface area contributed by atoms with Crippen LogP contribution in [0.15, 0.2) is 60.7 Å². The molecule has 3 aromatic carbocycles. The number of methoxy groups -OCH3 is 1. The van der Waals surface area contributed by atoms with Gasteiger partial charge in [-0.3, -0.25) is 19.3 Å². The Morgan fingerprint density at radius 3 is 2.53 bits per heavy atom. The van der Waals surface area contributed by atoms with E-state index in [-0.39, 0.29) is 42.5 Å². The first-order chi connectivity index (χ1) is 26.2. The number of ether oxygens (including phenoxy) is 1. The molecule has 8 rings (SSSR count). The minimum Gasteiger partial charge on any atom is -0.496 e. The summed E-state index contributed by atoms with van der Waals surface area (Å²) in [7, 11) is 7.59. The zero-order valence-electron chi connectivity index (χ0n) is 33.6. The van der Waals surface area contributed by atoms with Crippen LogP contribution in [-0.2, 0) is 22.7 Å². The predicted molar refractivity (Wildman–Crippen MR) is 213 cm³/mol. The van der Waals surface area contributed by atoms with E-state index in [1.54, 1.807) is 19.1 Å². The van der Waals surface area contributed by atoms with Gasteiger partial charge >= 0.3 is 0 Å². The number of amides is 2. The van der Waals surface area contributed by atoms with Crippen LogP contribution in [0, 0.1) is 29.1 Å². The van der Waals surface area contributed by atoms with Crippen molar-refractivity contribution in [3.05, 3.63) is 82.9 Å². The molecule has 3 aliphatic carbocycles. The number of likely N-dealkylation sites (N-methyl/N-ethyl adjacent to an activating group) is 1. The molecule has 55 heavy (non-hydrogen) atoms. The number of benzene rings is 3. The summed E-state index contributed by atoms with van der Waals surface area (Å²) in [5, 5.41) is 29.5. The van der Waals surface area contributed by atoms with Gasteiger partial charge in [0.2, 0.25) is 5.91 Å². The van der Waals surface area contributed by atoms with Crippen molar-refractivity contribution in [1.29, 1.82) is 0 Å². The molecule has 2 bridgehead atoms. The van der Waals surface area contributed by atoms with Crippen molar-refractivity contribution in [2.75, 3.05) is 46.3 Å². The molecule has 3 saturated carbocycles. The van der Waals surface area contributed by atoms with Crippen molar-refractivity contribution in [3.63, 3.8) is 0 Å². The Labute approximate surface area is 325 Å². The molecule has 2 amide bonds. The zero-order chi connectivity index (χ0) is 39.3. The van der Waals surface area contributed by atoms with Crippen molar-refractivity contribution < 1.29 is 29.4 Å². The molecule has 2 heterocycles. The molecule has 11 nitrogen and oxygen atoms in total. The number of anilines is 1. The maximum absolute atomic E-state index is 14.3. The lowest BCUT2D eigenvalue weighted by atomic mass is 9.45. The minimum absolute atomic E-state index is 0.0390.